The second-order valence-electron chi connectivity index (χ2n) is 8.38. The third-order valence-electron chi connectivity index (χ3n) is 5.92. The topological polar surface area (TPSA) is 8.17 Å². The van der Waals surface area contributed by atoms with E-state index in [1.165, 1.54) is 32.8 Å². The Morgan fingerprint density at radius 3 is 2.27 bits per heavy atom. The Kier molecular flexibility index (Phi) is 4.64. The fourth-order valence-corrected chi connectivity index (χ4v) is 6.03. The second-order valence-corrected chi connectivity index (χ2v) is 9.72. The summed E-state index contributed by atoms with van der Waals surface area (Å²) in [5.41, 5.74) is 7.24. The number of aryl methyl sites for hydroxylation is 1. The first-order valence-electron chi connectivity index (χ1n) is 10.2. The molecule has 1 aliphatic heterocycles. The molecule has 2 heterocycles. The lowest BCUT2D eigenvalue weighted by atomic mass is 9.86. The molecule has 3 aromatic carbocycles. The van der Waals surface area contributed by atoms with Gasteiger partial charge in [0, 0.05) is 23.4 Å². The molecule has 4 aromatic rings. The quantitative estimate of drug-likeness (QED) is 0.312. The van der Waals surface area contributed by atoms with Gasteiger partial charge in [-0.2, -0.15) is 0 Å². The smallest absolute Gasteiger partial charge is 0.129 e. The lowest BCUT2D eigenvalue weighted by Crippen LogP contribution is -2.43. The van der Waals surface area contributed by atoms with E-state index < -0.39 is 0 Å². The molecule has 0 spiro atoms. The Morgan fingerprint density at radius 2 is 1.57 bits per heavy atom. The zero-order valence-electron chi connectivity index (χ0n) is 17.4. The number of hydrogen-bond acceptors (Lipinski definition) is 3. The Hall–Kier alpha value is -2.69. The summed E-state index contributed by atoms with van der Waals surface area (Å²) in [4.78, 5) is 3.85. The largest absolute Gasteiger partial charge is 0.357 e. The van der Waals surface area contributed by atoms with Gasteiger partial charge in [-0.3, -0.25) is 3.96 Å². The molecule has 150 valence electrons. The number of nitrogens with zero attached hydrogens (tertiary/aromatic N) is 2. The zero-order chi connectivity index (χ0) is 20.9. The zero-order valence-corrected chi connectivity index (χ0v) is 19.1. The molecule has 0 amide bonds. The molecule has 0 bridgehead atoms. The lowest BCUT2D eigenvalue weighted by Gasteiger charge is -2.44. The highest BCUT2D eigenvalue weighted by Crippen LogP contribution is 2.51. The van der Waals surface area contributed by atoms with Gasteiger partial charge in [0.1, 0.15) is 4.64 Å². The number of anilines is 1. The van der Waals surface area contributed by atoms with Crippen molar-refractivity contribution in [3.05, 3.63) is 99.5 Å². The molecule has 0 N–H and O–H groups in total. The standard InChI is InChI=1S/C26H24N2S2/c1-18-14-15-22-21(16-18)23-24(30-28(25(23)29)20-12-8-5-9-13-20)26(2,3)27(22)17-19-10-6-4-7-11-19/h4-16H,17H2,1-3H3. The number of hydrogen-bond donors (Lipinski definition) is 0. The van der Waals surface area contributed by atoms with Crippen LogP contribution in [0.1, 0.15) is 29.9 Å². The summed E-state index contributed by atoms with van der Waals surface area (Å²) in [6.45, 7) is 7.65. The molecular formula is C26H24N2S2. The van der Waals surface area contributed by atoms with Crippen molar-refractivity contribution in [2.75, 3.05) is 4.90 Å². The summed E-state index contributed by atoms with van der Waals surface area (Å²) >= 11 is 7.82. The van der Waals surface area contributed by atoms with Gasteiger partial charge < -0.3 is 4.90 Å². The molecule has 1 aliphatic rings. The summed E-state index contributed by atoms with van der Waals surface area (Å²) in [5.74, 6) is 0. The summed E-state index contributed by atoms with van der Waals surface area (Å²) in [6.07, 6.45) is 0. The van der Waals surface area contributed by atoms with E-state index in [4.69, 9.17) is 12.2 Å². The van der Waals surface area contributed by atoms with E-state index in [-0.39, 0.29) is 5.54 Å². The third kappa shape index (κ3) is 3.03. The van der Waals surface area contributed by atoms with Gasteiger partial charge in [-0.1, -0.05) is 83.9 Å². The summed E-state index contributed by atoms with van der Waals surface area (Å²) in [6, 6.07) is 27.9. The van der Waals surface area contributed by atoms with Crippen molar-refractivity contribution in [2.45, 2.75) is 32.9 Å². The van der Waals surface area contributed by atoms with Crippen molar-refractivity contribution in [3.8, 4) is 16.8 Å². The van der Waals surface area contributed by atoms with Gasteiger partial charge in [-0.15, -0.1) is 0 Å². The molecule has 0 fully saturated rings. The molecule has 0 radical (unpaired) electrons. The van der Waals surface area contributed by atoms with Gasteiger partial charge in [-0.05, 0) is 50.6 Å². The van der Waals surface area contributed by atoms with Gasteiger partial charge in [0.15, 0.2) is 0 Å². The highest BCUT2D eigenvalue weighted by molar-refractivity contribution is 7.71. The molecule has 5 rings (SSSR count). The Morgan fingerprint density at radius 1 is 0.900 bits per heavy atom. The summed E-state index contributed by atoms with van der Waals surface area (Å²) in [5, 5.41) is 0. The van der Waals surface area contributed by atoms with Crippen LogP contribution in [0, 0.1) is 11.6 Å². The molecule has 0 unspecified atom stereocenters. The highest BCUT2D eigenvalue weighted by atomic mass is 32.1. The maximum atomic E-state index is 6.04. The average Bonchev–Trinajstić information content (AvgIpc) is 3.11. The van der Waals surface area contributed by atoms with Crippen LogP contribution in [0.3, 0.4) is 0 Å². The van der Waals surface area contributed by atoms with E-state index in [2.05, 4.69) is 102 Å². The number of benzene rings is 3. The number of rotatable bonds is 3. The van der Waals surface area contributed by atoms with Crippen molar-refractivity contribution >= 4 is 29.4 Å². The number of para-hydroxylation sites is 1. The fourth-order valence-electron chi connectivity index (χ4n) is 4.32. The van der Waals surface area contributed by atoms with Crippen molar-refractivity contribution in [2.24, 2.45) is 0 Å². The van der Waals surface area contributed by atoms with Crippen LogP contribution in [0.2, 0.25) is 0 Å². The second kappa shape index (κ2) is 7.22. The minimum absolute atomic E-state index is 0.175. The van der Waals surface area contributed by atoms with Gasteiger partial charge in [-0.25, -0.2) is 0 Å². The summed E-state index contributed by atoms with van der Waals surface area (Å²) < 4.78 is 3.11. The van der Waals surface area contributed by atoms with E-state index in [0.717, 1.165) is 16.9 Å². The third-order valence-corrected chi connectivity index (χ3v) is 7.89. The SMILES string of the molecule is Cc1ccc2c(c1)-c1c(sn(-c3ccccc3)c1=S)C(C)(C)N2Cc1ccccc1. The van der Waals surface area contributed by atoms with Crippen LogP contribution in [0.25, 0.3) is 16.8 Å². The molecular weight excluding hydrogens is 404 g/mol. The van der Waals surface area contributed by atoms with Crippen LogP contribution in [0.15, 0.2) is 78.9 Å². The fraction of sp³-hybridized carbons (Fsp3) is 0.192. The Balaban J connectivity index is 1.75. The number of fused-ring (bicyclic) bond motifs is 3. The predicted molar refractivity (Wildman–Crippen MR) is 130 cm³/mol. The average molecular weight is 429 g/mol. The maximum Gasteiger partial charge on any atom is 0.129 e. The monoisotopic (exact) mass is 428 g/mol. The van der Waals surface area contributed by atoms with E-state index in [9.17, 15) is 0 Å². The molecule has 0 saturated heterocycles. The minimum Gasteiger partial charge on any atom is -0.357 e. The molecule has 4 heteroatoms. The van der Waals surface area contributed by atoms with Gasteiger partial charge >= 0.3 is 0 Å². The first kappa shape index (κ1) is 19.3. The van der Waals surface area contributed by atoms with E-state index in [1.54, 1.807) is 11.5 Å². The first-order chi connectivity index (χ1) is 14.5. The highest BCUT2D eigenvalue weighted by Gasteiger charge is 2.40. The molecule has 2 nitrogen and oxygen atoms in total. The van der Waals surface area contributed by atoms with Crippen LogP contribution < -0.4 is 4.90 Å². The molecule has 0 atom stereocenters. The van der Waals surface area contributed by atoms with Crippen LogP contribution in [0.5, 0.6) is 0 Å². The molecule has 0 aliphatic carbocycles. The van der Waals surface area contributed by atoms with Crippen molar-refractivity contribution < 1.29 is 0 Å². The van der Waals surface area contributed by atoms with E-state index in [0.29, 0.717) is 0 Å². The molecule has 0 saturated carbocycles. The van der Waals surface area contributed by atoms with Gasteiger partial charge in [0.2, 0.25) is 0 Å². The predicted octanol–water partition coefficient (Wildman–Crippen LogP) is 7.50. The van der Waals surface area contributed by atoms with Crippen molar-refractivity contribution in [1.82, 2.24) is 3.96 Å². The normalized spacial score (nSPS) is 14.3. The van der Waals surface area contributed by atoms with Gasteiger partial charge in [0.05, 0.1) is 16.1 Å². The van der Waals surface area contributed by atoms with E-state index in [1.807, 2.05) is 6.07 Å². The van der Waals surface area contributed by atoms with E-state index >= 15 is 0 Å². The van der Waals surface area contributed by atoms with Crippen LogP contribution in [-0.4, -0.2) is 3.96 Å². The lowest BCUT2D eigenvalue weighted by molar-refractivity contribution is 0.483. The Bertz CT molecular complexity index is 1270. The van der Waals surface area contributed by atoms with Crippen LogP contribution in [-0.2, 0) is 12.1 Å². The van der Waals surface area contributed by atoms with Crippen molar-refractivity contribution in [3.63, 3.8) is 0 Å². The van der Waals surface area contributed by atoms with Crippen molar-refractivity contribution in [1.29, 1.82) is 0 Å². The molecule has 30 heavy (non-hydrogen) atoms. The minimum atomic E-state index is -0.175. The summed E-state index contributed by atoms with van der Waals surface area (Å²) in [7, 11) is 0. The van der Waals surface area contributed by atoms with Crippen LogP contribution in [0.4, 0.5) is 5.69 Å². The maximum absolute atomic E-state index is 6.04. The van der Waals surface area contributed by atoms with Gasteiger partial charge in [0.25, 0.3) is 0 Å². The van der Waals surface area contributed by atoms with Crippen LogP contribution >= 0.6 is 23.8 Å². The number of aromatic nitrogens is 1. The Labute approximate surface area is 187 Å². The molecule has 1 aromatic heterocycles. The first-order valence-corrected chi connectivity index (χ1v) is 11.4.